The zero-order valence-corrected chi connectivity index (χ0v) is 17.5. The first-order chi connectivity index (χ1) is 14.9. The van der Waals surface area contributed by atoms with Crippen LogP contribution in [0.4, 0.5) is 4.79 Å². The van der Waals surface area contributed by atoms with Crippen molar-refractivity contribution in [1.29, 1.82) is 0 Å². The van der Waals surface area contributed by atoms with Crippen LogP contribution in [0.15, 0.2) is 30.3 Å². The standard InChI is InChI=1S/C22H29N3O6/c23-20(27)19-11-6-12-25(19,22(29)31-18-9-2-1-3-10-18)21(28)17(14-24(30)15-26)13-16-7-4-5-8-16/h1-3,9-10,15-17,19,30H,4-8,11-14H2,(H-,23,27)/p+1/t17-,19+,25?/m1/s1. The maximum atomic E-state index is 13.9. The van der Waals surface area contributed by atoms with Gasteiger partial charge < -0.3 is 10.5 Å². The van der Waals surface area contributed by atoms with Crippen LogP contribution in [-0.2, 0) is 14.4 Å². The lowest BCUT2D eigenvalue weighted by Gasteiger charge is -2.35. The highest BCUT2D eigenvalue weighted by molar-refractivity contribution is 5.90. The number of quaternary nitrogens is 1. The number of imide groups is 1. The van der Waals surface area contributed by atoms with Crippen molar-refractivity contribution in [3.63, 3.8) is 0 Å². The van der Waals surface area contributed by atoms with Gasteiger partial charge in [0.15, 0.2) is 6.04 Å². The van der Waals surface area contributed by atoms with E-state index < -0.39 is 34.4 Å². The molecule has 2 aliphatic rings. The zero-order chi connectivity index (χ0) is 22.4. The molecule has 168 valence electrons. The Kier molecular flexibility index (Phi) is 7.40. The van der Waals surface area contributed by atoms with Crippen LogP contribution in [0.5, 0.6) is 5.75 Å². The Balaban J connectivity index is 1.95. The third-order valence-electron chi connectivity index (χ3n) is 6.49. The summed E-state index contributed by atoms with van der Waals surface area (Å²) in [5.41, 5.74) is 5.60. The summed E-state index contributed by atoms with van der Waals surface area (Å²) in [6, 6.07) is 7.29. The summed E-state index contributed by atoms with van der Waals surface area (Å²) in [7, 11) is 0. The monoisotopic (exact) mass is 432 g/mol. The molecule has 4 amide bonds. The van der Waals surface area contributed by atoms with Gasteiger partial charge >= 0.3 is 12.0 Å². The fourth-order valence-electron chi connectivity index (χ4n) is 5.01. The lowest BCUT2D eigenvalue weighted by molar-refractivity contribution is -0.785. The van der Waals surface area contributed by atoms with Gasteiger partial charge in [-0.05, 0) is 24.5 Å². The summed E-state index contributed by atoms with van der Waals surface area (Å²) < 4.78 is 4.67. The minimum absolute atomic E-state index is 0.0891. The van der Waals surface area contributed by atoms with Gasteiger partial charge in [-0.1, -0.05) is 43.9 Å². The van der Waals surface area contributed by atoms with Gasteiger partial charge in [-0.3, -0.25) is 14.8 Å². The molecule has 1 unspecified atom stereocenters. The predicted molar refractivity (Wildman–Crippen MR) is 109 cm³/mol. The van der Waals surface area contributed by atoms with Crippen LogP contribution in [0.1, 0.15) is 44.9 Å². The molecule has 31 heavy (non-hydrogen) atoms. The van der Waals surface area contributed by atoms with Crippen molar-refractivity contribution in [2.24, 2.45) is 17.6 Å². The molecule has 0 bridgehead atoms. The first-order valence-electron chi connectivity index (χ1n) is 10.8. The average Bonchev–Trinajstić information content (AvgIpc) is 3.44. The molecule has 9 heteroatoms. The Morgan fingerprint density at radius 2 is 1.84 bits per heavy atom. The van der Waals surface area contributed by atoms with Gasteiger partial charge in [0.1, 0.15) is 5.75 Å². The van der Waals surface area contributed by atoms with Gasteiger partial charge in [0.25, 0.3) is 5.91 Å². The number of carbonyl (C=O) groups excluding carboxylic acids is 4. The van der Waals surface area contributed by atoms with Crippen LogP contribution < -0.4 is 10.5 Å². The van der Waals surface area contributed by atoms with E-state index in [-0.39, 0.29) is 37.6 Å². The van der Waals surface area contributed by atoms with E-state index in [1.807, 2.05) is 0 Å². The summed E-state index contributed by atoms with van der Waals surface area (Å²) in [4.78, 5) is 50.5. The van der Waals surface area contributed by atoms with E-state index in [9.17, 15) is 24.4 Å². The van der Waals surface area contributed by atoms with E-state index >= 15 is 0 Å². The summed E-state index contributed by atoms with van der Waals surface area (Å²) >= 11 is 0. The quantitative estimate of drug-likeness (QED) is 0.281. The molecule has 1 heterocycles. The molecule has 1 aromatic carbocycles. The molecular formula is C22H30N3O6+. The summed E-state index contributed by atoms with van der Waals surface area (Å²) in [6.07, 6.45) is 4.56. The normalized spacial score (nSPS) is 24.5. The van der Waals surface area contributed by atoms with Gasteiger partial charge in [-0.15, -0.1) is 4.48 Å². The molecule has 1 aliphatic heterocycles. The van der Waals surface area contributed by atoms with Gasteiger partial charge in [-0.25, -0.2) is 9.86 Å². The molecule has 1 aliphatic carbocycles. The average molecular weight is 432 g/mol. The minimum Gasteiger partial charge on any atom is -0.380 e. The van der Waals surface area contributed by atoms with Gasteiger partial charge in [0, 0.05) is 12.8 Å². The lowest BCUT2D eigenvalue weighted by Crippen LogP contribution is -2.66. The molecule has 3 N–H and O–H groups in total. The molecule has 3 rings (SSSR count). The Morgan fingerprint density at radius 3 is 2.45 bits per heavy atom. The van der Waals surface area contributed by atoms with Crippen molar-refractivity contribution >= 4 is 24.3 Å². The number of nitrogens with zero attached hydrogens (tertiary/aromatic N) is 2. The summed E-state index contributed by atoms with van der Waals surface area (Å²) in [6.45, 7) is -0.158. The highest BCUT2D eigenvalue weighted by atomic mass is 16.6. The lowest BCUT2D eigenvalue weighted by atomic mass is 9.91. The number of benzene rings is 1. The SMILES string of the molecule is NC(=O)[C@@H]1CCC[N+]1(C(=O)Oc1ccccc1)C(=O)[C@H](CC1CCCC1)CN(O)C=O. The van der Waals surface area contributed by atoms with E-state index in [1.165, 1.54) is 0 Å². The number of hydrogen-bond acceptors (Lipinski definition) is 6. The van der Waals surface area contributed by atoms with E-state index in [0.717, 1.165) is 25.7 Å². The molecule has 0 spiro atoms. The fraction of sp³-hybridized carbons (Fsp3) is 0.545. The van der Waals surface area contributed by atoms with E-state index in [1.54, 1.807) is 30.3 Å². The van der Waals surface area contributed by atoms with Gasteiger partial charge in [-0.2, -0.15) is 4.79 Å². The third-order valence-corrected chi connectivity index (χ3v) is 6.49. The van der Waals surface area contributed by atoms with Crippen LogP contribution in [0, 0.1) is 11.8 Å². The van der Waals surface area contributed by atoms with Crippen LogP contribution in [0.25, 0.3) is 0 Å². The van der Waals surface area contributed by atoms with Crippen molar-refractivity contribution in [2.75, 3.05) is 13.1 Å². The highest BCUT2D eigenvalue weighted by Crippen LogP contribution is 2.36. The maximum absolute atomic E-state index is 13.9. The number of amides is 4. The molecule has 0 radical (unpaired) electrons. The first-order valence-corrected chi connectivity index (χ1v) is 10.8. The van der Waals surface area contributed by atoms with Crippen molar-refractivity contribution in [3.05, 3.63) is 30.3 Å². The van der Waals surface area contributed by atoms with Crippen LogP contribution in [-0.4, -0.2) is 58.2 Å². The van der Waals surface area contributed by atoms with Gasteiger partial charge in [0.05, 0.1) is 19.0 Å². The maximum Gasteiger partial charge on any atom is 0.529 e. The first kappa shape index (κ1) is 22.9. The number of rotatable bonds is 8. The van der Waals surface area contributed by atoms with Crippen LogP contribution in [0.2, 0.25) is 0 Å². The van der Waals surface area contributed by atoms with E-state index in [2.05, 4.69) is 0 Å². The van der Waals surface area contributed by atoms with Crippen molar-refractivity contribution in [2.45, 2.75) is 51.0 Å². The minimum atomic E-state index is -1.04. The molecule has 3 atom stereocenters. The third kappa shape index (κ3) is 4.94. The molecule has 2 fully saturated rings. The Bertz CT molecular complexity index is 811. The number of carbonyl (C=O) groups is 4. The number of ether oxygens (including phenoxy) is 1. The zero-order valence-electron chi connectivity index (χ0n) is 17.5. The number of hydroxylamine groups is 2. The second-order valence-electron chi connectivity index (χ2n) is 8.48. The highest BCUT2D eigenvalue weighted by Gasteiger charge is 2.60. The van der Waals surface area contributed by atoms with Crippen molar-refractivity contribution < 1.29 is 33.6 Å². The van der Waals surface area contributed by atoms with Crippen LogP contribution >= 0.6 is 0 Å². The Morgan fingerprint density at radius 1 is 1.16 bits per heavy atom. The number of hydrogen-bond donors (Lipinski definition) is 2. The molecule has 0 aromatic heterocycles. The number of likely N-dealkylation sites (tertiary alicyclic amines) is 1. The second-order valence-corrected chi connectivity index (χ2v) is 8.48. The Hall–Kier alpha value is -2.78. The van der Waals surface area contributed by atoms with E-state index in [4.69, 9.17) is 10.5 Å². The number of primary amides is 1. The topological polar surface area (TPSA) is 127 Å². The molecular weight excluding hydrogens is 402 g/mol. The molecule has 1 saturated heterocycles. The molecule has 1 aromatic rings. The summed E-state index contributed by atoms with van der Waals surface area (Å²) in [5, 5.41) is 10.2. The van der Waals surface area contributed by atoms with Crippen molar-refractivity contribution in [3.8, 4) is 5.75 Å². The molecule has 1 saturated carbocycles. The van der Waals surface area contributed by atoms with Gasteiger partial charge in [0.2, 0.25) is 6.41 Å². The Labute approximate surface area is 181 Å². The van der Waals surface area contributed by atoms with Crippen LogP contribution in [0.3, 0.4) is 0 Å². The number of nitrogens with two attached hydrogens (primary N) is 1. The largest absolute Gasteiger partial charge is 0.529 e. The smallest absolute Gasteiger partial charge is 0.380 e. The second kappa shape index (κ2) is 10.0. The fourth-order valence-corrected chi connectivity index (χ4v) is 5.01. The van der Waals surface area contributed by atoms with Crippen molar-refractivity contribution in [1.82, 2.24) is 5.06 Å². The predicted octanol–water partition coefficient (Wildman–Crippen LogP) is 2.22. The number of para-hydroxylation sites is 1. The van der Waals surface area contributed by atoms with E-state index in [0.29, 0.717) is 17.9 Å². The summed E-state index contributed by atoms with van der Waals surface area (Å²) in [5.74, 6) is -1.57. The molecule has 9 nitrogen and oxygen atoms in total.